The van der Waals surface area contributed by atoms with Crippen LogP contribution in [0.5, 0.6) is 0 Å². The molecule has 0 bridgehead atoms. The largest absolute Gasteiger partial charge is 0.146 e. The van der Waals surface area contributed by atoms with Crippen molar-refractivity contribution in [3.63, 3.8) is 0 Å². The second-order valence-corrected chi connectivity index (χ2v) is 6.93. The molecule has 0 aromatic heterocycles. The molecule has 0 N–H and O–H groups in total. The molecule has 1 fully saturated rings. The molecule has 1 aliphatic heterocycles. The summed E-state index contributed by atoms with van der Waals surface area (Å²) in [7, 11) is 0. The van der Waals surface area contributed by atoms with Gasteiger partial charge in [-0.25, -0.2) is 0 Å². The van der Waals surface area contributed by atoms with E-state index in [1.165, 1.54) is 32.1 Å². The van der Waals surface area contributed by atoms with E-state index in [0.717, 1.165) is 16.1 Å². The SMILES string of the molecule is CCCCCCC1SCC(Cl)CS1. The maximum absolute atomic E-state index is 6.02. The maximum Gasteiger partial charge on any atom is 0.0517 e. The topological polar surface area (TPSA) is 0 Å². The van der Waals surface area contributed by atoms with Gasteiger partial charge in [0.25, 0.3) is 0 Å². The predicted molar refractivity (Wildman–Crippen MR) is 67.1 cm³/mol. The maximum atomic E-state index is 6.02. The van der Waals surface area contributed by atoms with E-state index in [1.807, 2.05) is 0 Å². The Kier molecular flexibility index (Phi) is 6.78. The summed E-state index contributed by atoms with van der Waals surface area (Å²) in [4.78, 5) is 0. The van der Waals surface area contributed by atoms with Crippen molar-refractivity contribution in [2.24, 2.45) is 0 Å². The average molecular weight is 239 g/mol. The highest BCUT2D eigenvalue weighted by Crippen LogP contribution is 2.35. The van der Waals surface area contributed by atoms with Gasteiger partial charge in [-0.1, -0.05) is 32.6 Å². The van der Waals surface area contributed by atoms with Crippen LogP contribution in [0.3, 0.4) is 0 Å². The molecule has 0 radical (unpaired) electrons. The highest BCUT2D eigenvalue weighted by Gasteiger charge is 2.19. The van der Waals surface area contributed by atoms with Gasteiger partial charge in [-0.3, -0.25) is 0 Å². The molecule has 0 unspecified atom stereocenters. The summed E-state index contributed by atoms with van der Waals surface area (Å²) in [5.74, 6) is 2.32. The zero-order valence-corrected chi connectivity index (χ0v) is 10.7. The number of thioether (sulfide) groups is 2. The first-order valence-electron chi connectivity index (χ1n) is 5.20. The van der Waals surface area contributed by atoms with Crippen LogP contribution >= 0.6 is 35.1 Å². The Bertz CT molecular complexity index is 122. The second kappa shape index (κ2) is 7.30. The van der Waals surface area contributed by atoms with Gasteiger partial charge in [-0.05, 0) is 6.42 Å². The smallest absolute Gasteiger partial charge is 0.0517 e. The van der Waals surface area contributed by atoms with E-state index in [9.17, 15) is 0 Å². The lowest BCUT2D eigenvalue weighted by atomic mass is 10.2. The minimum Gasteiger partial charge on any atom is -0.146 e. The van der Waals surface area contributed by atoms with E-state index in [2.05, 4.69) is 30.4 Å². The number of hydrogen-bond donors (Lipinski definition) is 0. The minimum atomic E-state index is 0.418. The van der Waals surface area contributed by atoms with Crippen LogP contribution in [0.1, 0.15) is 39.0 Å². The van der Waals surface area contributed by atoms with Crippen LogP contribution in [0.2, 0.25) is 0 Å². The van der Waals surface area contributed by atoms with E-state index in [0.29, 0.717) is 5.38 Å². The third-order valence-corrected chi connectivity index (χ3v) is 6.11. The Balaban J connectivity index is 1.96. The van der Waals surface area contributed by atoms with Crippen LogP contribution in [-0.2, 0) is 0 Å². The summed E-state index contributed by atoms with van der Waals surface area (Å²) in [5, 5.41) is 0.418. The molecule has 0 aliphatic carbocycles. The molecule has 0 aromatic rings. The molecule has 1 heterocycles. The molecule has 0 saturated carbocycles. The highest BCUT2D eigenvalue weighted by molar-refractivity contribution is 8.17. The van der Waals surface area contributed by atoms with Gasteiger partial charge in [0.2, 0.25) is 0 Å². The number of alkyl halides is 1. The van der Waals surface area contributed by atoms with E-state index in [-0.39, 0.29) is 0 Å². The fourth-order valence-corrected chi connectivity index (χ4v) is 4.62. The quantitative estimate of drug-likeness (QED) is 0.515. The van der Waals surface area contributed by atoms with Crippen molar-refractivity contribution in [1.29, 1.82) is 0 Å². The lowest BCUT2D eigenvalue weighted by Crippen LogP contribution is -2.17. The number of rotatable bonds is 5. The normalized spacial score (nSPS) is 29.1. The Labute approximate surface area is 95.6 Å². The summed E-state index contributed by atoms with van der Waals surface area (Å²) in [5.41, 5.74) is 0. The van der Waals surface area contributed by atoms with Crippen LogP contribution in [0, 0.1) is 0 Å². The Morgan fingerprint density at radius 1 is 1.15 bits per heavy atom. The molecule has 1 saturated heterocycles. The van der Waals surface area contributed by atoms with Gasteiger partial charge in [-0.2, -0.15) is 0 Å². The first kappa shape index (κ1) is 12.1. The van der Waals surface area contributed by atoms with Crippen molar-refractivity contribution in [1.82, 2.24) is 0 Å². The summed E-state index contributed by atoms with van der Waals surface area (Å²) >= 11 is 10.1. The summed E-state index contributed by atoms with van der Waals surface area (Å²) in [6, 6.07) is 0. The molecule has 0 amide bonds. The van der Waals surface area contributed by atoms with E-state index in [1.54, 1.807) is 0 Å². The van der Waals surface area contributed by atoms with Crippen LogP contribution in [0.25, 0.3) is 0 Å². The minimum absolute atomic E-state index is 0.418. The third-order valence-electron chi connectivity index (χ3n) is 2.22. The molecular formula is C10H19ClS2. The van der Waals surface area contributed by atoms with Crippen molar-refractivity contribution < 1.29 is 0 Å². The third kappa shape index (κ3) is 5.44. The van der Waals surface area contributed by atoms with Crippen LogP contribution < -0.4 is 0 Å². The fraction of sp³-hybridized carbons (Fsp3) is 1.00. The van der Waals surface area contributed by atoms with E-state index < -0.39 is 0 Å². The number of halogens is 1. The molecule has 78 valence electrons. The lowest BCUT2D eigenvalue weighted by molar-refractivity contribution is 0.652. The molecule has 1 rings (SSSR count). The lowest BCUT2D eigenvalue weighted by Gasteiger charge is -2.23. The van der Waals surface area contributed by atoms with Gasteiger partial charge in [-0.15, -0.1) is 35.1 Å². The van der Waals surface area contributed by atoms with Gasteiger partial charge in [0.15, 0.2) is 0 Å². The molecule has 3 heteroatoms. The molecule has 13 heavy (non-hydrogen) atoms. The van der Waals surface area contributed by atoms with Crippen molar-refractivity contribution >= 4 is 35.1 Å². The fourth-order valence-electron chi connectivity index (χ4n) is 1.42. The Morgan fingerprint density at radius 3 is 2.46 bits per heavy atom. The first-order chi connectivity index (χ1) is 6.33. The van der Waals surface area contributed by atoms with Crippen molar-refractivity contribution in [2.45, 2.75) is 49.0 Å². The predicted octanol–water partition coefficient (Wildman–Crippen LogP) is 4.37. The van der Waals surface area contributed by atoms with Crippen LogP contribution in [0.15, 0.2) is 0 Å². The van der Waals surface area contributed by atoms with Crippen molar-refractivity contribution in [2.75, 3.05) is 11.5 Å². The average Bonchev–Trinajstić information content (AvgIpc) is 2.15. The summed E-state index contributed by atoms with van der Waals surface area (Å²) < 4.78 is 0.840. The standard InChI is InChI=1S/C10H19ClS2/c1-2-3-4-5-6-10-12-7-9(11)8-13-10/h9-10H,2-8H2,1H3. The molecular weight excluding hydrogens is 220 g/mol. The molecule has 0 nitrogen and oxygen atoms in total. The van der Waals surface area contributed by atoms with Gasteiger partial charge < -0.3 is 0 Å². The van der Waals surface area contributed by atoms with Crippen molar-refractivity contribution in [3.8, 4) is 0 Å². The molecule has 0 aromatic carbocycles. The number of hydrogen-bond acceptors (Lipinski definition) is 2. The van der Waals surface area contributed by atoms with Crippen LogP contribution in [0.4, 0.5) is 0 Å². The molecule has 0 spiro atoms. The summed E-state index contributed by atoms with van der Waals surface area (Å²) in [6.07, 6.45) is 6.96. The second-order valence-electron chi connectivity index (χ2n) is 3.54. The van der Waals surface area contributed by atoms with Gasteiger partial charge in [0.05, 0.1) is 9.96 Å². The van der Waals surface area contributed by atoms with E-state index in [4.69, 9.17) is 11.6 Å². The van der Waals surface area contributed by atoms with E-state index >= 15 is 0 Å². The van der Waals surface area contributed by atoms with Crippen molar-refractivity contribution in [3.05, 3.63) is 0 Å². The molecule has 1 aliphatic rings. The zero-order chi connectivity index (χ0) is 9.52. The monoisotopic (exact) mass is 238 g/mol. The summed E-state index contributed by atoms with van der Waals surface area (Å²) in [6.45, 7) is 2.27. The van der Waals surface area contributed by atoms with Crippen LogP contribution in [-0.4, -0.2) is 21.5 Å². The first-order valence-corrected chi connectivity index (χ1v) is 7.73. The Morgan fingerprint density at radius 2 is 1.85 bits per heavy atom. The highest BCUT2D eigenvalue weighted by atomic mass is 35.5. The van der Waals surface area contributed by atoms with Gasteiger partial charge in [0.1, 0.15) is 0 Å². The zero-order valence-electron chi connectivity index (χ0n) is 8.30. The number of unbranched alkanes of at least 4 members (excludes halogenated alkanes) is 3. The van der Waals surface area contributed by atoms with Gasteiger partial charge in [0, 0.05) is 11.5 Å². The molecule has 0 atom stereocenters. The Hall–Kier alpha value is 0.990. The van der Waals surface area contributed by atoms with Gasteiger partial charge >= 0.3 is 0 Å².